The van der Waals surface area contributed by atoms with Crippen molar-refractivity contribution in [3.63, 3.8) is 0 Å². The number of thiophene rings is 1. The Morgan fingerprint density at radius 1 is 1.60 bits per heavy atom. The summed E-state index contributed by atoms with van der Waals surface area (Å²) in [5, 5.41) is 8.64. The van der Waals surface area contributed by atoms with Crippen molar-refractivity contribution in [2.75, 3.05) is 0 Å². The Morgan fingerprint density at radius 2 is 2.20 bits per heavy atom. The van der Waals surface area contributed by atoms with Gasteiger partial charge in [0.15, 0.2) is 0 Å². The normalized spacial score (nSPS) is 9.80. The highest BCUT2D eigenvalue weighted by atomic mass is 35.5. The van der Waals surface area contributed by atoms with Crippen LogP contribution in [-0.2, 0) is 0 Å². The van der Waals surface area contributed by atoms with E-state index in [0.29, 0.717) is 4.34 Å². The highest BCUT2D eigenvalue weighted by Gasteiger charge is 2.11. The van der Waals surface area contributed by atoms with Crippen LogP contribution in [0, 0.1) is 0 Å². The molecule has 0 saturated carbocycles. The number of hydrogen-bond acceptors (Lipinski definition) is 2. The molecule has 10 heavy (non-hydrogen) atoms. The third kappa shape index (κ3) is 1.42. The van der Waals surface area contributed by atoms with Gasteiger partial charge in [-0.2, -0.15) is 0 Å². The maximum absolute atomic E-state index is 10.3. The van der Waals surface area contributed by atoms with Gasteiger partial charge in [-0.1, -0.05) is 23.2 Å². The van der Waals surface area contributed by atoms with Gasteiger partial charge in [-0.3, -0.25) is 0 Å². The summed E-state index contributed by atoms with van der Waals surface area (Å²) in [6.07, 6.45) is 0. The number of halogens is 2. The van der Waals surface area contributed by atoms with Gasteiger partial charge in [0.25, 0.3) is 0 Å². The molecular weight excluding hydrogens is 195 g/mol. The SMILES string of the molecule is O=C(O)c1sc(Cl)cc1Cl. The molecule has 1 rings (SSSR count). The molecule has 0 aliphatic rings. The van der Waals surface area contributed by atoms with Crippen molar-refractivity contribution >= 4 is 40.5 Å². The Kier molecular flexibility index (Phi) is 2.18. The van der Waals surface area contributed by atoms with Gasteiger partial charge in [-0.05, 0) is 6.07 Å². The molecule has 0 radical (unpaired) electrons. The fourth-order valence-corrected chi connectivity index (χ4v) is 1.87. The van der Waals surface area contributed by atoms with Gasteiger partial charge in [-0.25, -0.2) is 4.79 Å². The van der Waals surface area contributed by atoms with E-state index in [2.05, 4.69) is 0 Å². The second kappa shape index (κ2) is 2.78. The van der Waals surface area contributed by atoms with Crippen molar-refractivity contribution in [1.82, 2.24) is 0 Å². The van der Waals surface area contributed by atoms with Crippen LogP contribution in [-0.4, -0.2) is 11.1 Å². The quantitative estimate of drug-likeness (QED) is 0.751. The lowest BCUT2D eigenvalue weighted by Gasteiger charge is -1.84. The fraction of sp³-hybridized carbons (Fsp3) is 0. The zero-order valence-corrected chi connectivity index (χ0v) is 6.93. The third-order valence-corrected chi connectivity index (χ3v) is 2.51. The van der Waals surface area contributed by atoms with E-state index >= 15 is 0 Å². The second-order valence-corrected chi connectivity index (χ2v) is 3.62. The van der Waals surface area contributed by atoms with E-state index in [0.717, 1.165) is 11.3 Å². The molecule has 0 spiro atoms. The van der Waals surface area contributed by atoms with E-state index in [1.54, 1.807) is 0 Å². The van der Waals surface area contributed by atoms with Crippen LogP contribution < -0.4 is 0 Å². The fourth-order valence-electron chi connectivity index (χ4n) is 0.487. The first kappa shape index (κ1) is 7.85. The van der Waals surface area contributed by atoms with Gasteiger partial charge < -0.3 is 5.11 Å². The van der Waals surface area contributed by atoms with Crippen LogP contribution in [0.25, 0.3) is 0 Å². The summed E-state index contributed by atoms with van der Waals surface area (Å²) >= 11 is 11.9. The molecule has 1 heterocycles. The van der Waals surface area contributed by atoms with Crippen molar-refractivity contribution < 1.29 is 9.90 Å². The zero-order chi connectivity index (χ0) is 7.72. The first-order chi connectivity index (χ1) is 4.61. The minimum absolute atomic E-state index is 0.0895. The third-order valence-electron chi connectivity index (χ3n) is 0.851. The summed E-state index contributed by atoms with van der Waals surface area (Å²) < 4.78 is 0.391. The van der Waals surface area contributed by atoms with E-state index in [-0.39, 0.29) is 9.90 Å². The number of rotatable bonds is 1. The molecule has 0 amide bonds. The molecule has 0 aliphatic carbocycles. The minimum Gasteiger partial charge on any atom is -0.477 e. The Labute approximate surface area is 71.0 Å². The van der Waals surface area contributed by atoms with Crippen LogP contribution >= 0.6 is 34.5 Å². The lowest BCUT2D eigenvalue weighted by atomic mass is 10.5. The average Bonchev–Trinajstić information content (AvgIpc) is 2.10. The lowest BCUT2D eigenvalue weighted by molar-refractivity contribution is 0.0702. The first-order valence-electron chi connectivity index (χ1n) is 2.29. The zero-order valence-electron chi connectivity index (χ0n) is 4.60. The van der Waals surface area contributed by atoms with Crippen molar-refractivity contribution in [3.05, 3.63) is 20.3 Å². The smallest absolute Gasteiger partial charge is 0.347 e. The topological polar surface area (TPSA) is 37.3 Å². The predicted octanol–water partition coefficient (Wildman–Crippen LogP) is 2.75. The molecule has 0 unspecified atom stereocenters. The number of carboxylic acids is 1. The predicted molar refractivity (Wildman–Crippen MR) is 41.3 cm³/mol. The van der Waals surface area contributed by atoms with E-state index in [1.165, 1.54) is 6.07 Å². The van der Waals surface area contributed by atoms with E-state index in [9.17, 15) is 4.79 Å². The summed E-state index contributed by atoms with van der Waals surface area (Å²) in [7, 11) is 0. The van der Waals surface area contributed by atoms with Gasteiger partial charge in [0.05, 0.1) is 9.36 Å². The maximum Gasteiger partial charge on any atom is 0.347 e. The van der Waals surface area contributed by atoms with Gasteiger partial charge >= 0.3 is 5.97 Å². The summed E-state index contributed by atoms with van der Waals surface area (Å²) in [6.45, 7) is 0. The molecule has 5 heteroatoms. The highest BCUT2D eigenvalue weighted by Crippen LogP contribution is 2.30. The van der Waals surface area contributed by atoms with Crippen LogP contribution in [0.15, 0.2) is 6.07 Å². The molecular formula is C5H2Cl2O2S. The van der Waals surface area contributed by atoms with Crippen molar-refractivity contribution in [1.29, 1.82) is 0 Å². The van der Waals surface area contributed by atoms with Gasteiger partial charge in [0.2, 0.25) is 0 Å². The Morgan fingerprint density at radius 3 is 2.40 bits per heavy atom. The number of hydrogen-bond donors (Lipinski definition) is 1. The minimum atomic E-state index is -1.04. The van der Waals surface area contributed by atoms with Crippen LogP contribution in [0.4, 0.5) is 0 Å². The largest absolute Gasteiger partial charge is 0.477 e. The van der Waals surface area contributed by atoms with E-state index in [1.807, 2.05) is 0 Å². The number of carbonyl (C=O) groups is 1. The van der Waals surface area contributed by atoms with Crippen LogP contribution in [0.3, 0.4) is 0 Å². The molecule has 2 nitrogen and oxygen atoms in total. The molecule has 0 aliphatic heterocycles. The molecule has 1 aromatic heterocycles. The van der Waals surface area contributed by atoms with Crippen molar-refractivity contribution in [3.8, 4) is 0 Å². The van der Waals surface area contributed by atoms with Crippen molar-refractivity contribution in [2.45, 2.75) is 0 Å². The Hall–Kier alpha value is -0.250. The standard InChI is InChI=1S/C5H2Cl2O2S/c6-2-1-3(7)10-4(2)5(8)9/h1H,(H,8,9). The number of carboxylic acid groups (broad SMARTS) is 1. The highest BCUT2D eigenvalue weighted by molar-refractivity contribution is 7.18. The maximum atomic E-state index is 10.3. The Bertz CT molecular complexity index is 269. The van der Waals surface area contributed by atoms with Crippen LogP contribution in [0.2, 0.25) is 9.36 Å². The summed E-state index contributed by atoms with van der Waals surface area (Å²) in [6, 6.07) is 1.41. The monoisotopic (exact) mass is 196 g/mol. The molecule has 54 valence electrons. The second-order valence-electron chi connectivity index (χ2n) is 1.53. The lowest BCUT2D eigenvalue weighted by Crippen LogP contribution is -1.91. The van der Waals surface area contributed by atoms with Gasteiger partial charge in [0, 0.05) is 0 Å². The van der Waals surface area contributed by atoms with Gasteiger partial charge in [-0.15, -0.1) is 11.3 Å². The first-order valence-corrected chi connectivity index (χ1v) is 3.86. The molecule has 0 bridgehead atoms. The molecule has 0 fully saturated rings. The number of aromatic carboxylic acids is 1. The Balaban J connectivity index is 3.15. The molecule has 1 aromatic rings. The molecule has 1 N–H and O–H groups in total. The summed E-state index contributed by atoms with van der Waals surface area (Å²) in [5.41, 5.74) is 0. The molecule has 0 aromatic carbocycles. The van der Waals surface area contributed by atoms with Crippen LogP contribution in [0.5, 0.6) is 0 Å². The van der Waals surface area contributed by atoms with E-state index < -0.39 is 5.97 Å². The van der Waals surface area contributed by atoms with Gasteiger partial charge in [0.1, 0.15) is 4.88 Å². The van der Waals surface area contributed by atoms with E-state index in [4.69, 9.17) is 28.3 Å². The van der Waals surface area contributed by atoms with Crippen LogP contribution in [0.1, 0.15) is 9.67 Å². The summed E-state index contributed by atoms with van der Waals surface area (Å²) in [4.78, 5) is 10.4. The average molecular weight is 197 g/mol. The summed E-state index contributed by atoms with van der Waals surface area (Å²) in [5.74, 6) is -1.04. The van der Waals surface area contributed by atoms with Crippen molar-refractivity contribution in [2.24, 2.45) is 0 Å². The molecule has 0 atom stereocenters. The molecule has 0 saturated heterocycles.